The van der Waals surface area contributed by atoms with Crippen molar-refractivity contribution in [3.63, 3.8) is 0 Å². The van der Waals surface area contributed by atoms with Gasteiger partial charge in [-0.15, -0.1) is 0 Å². The number of carbonyl (C=O) groups is 3. The van der Waals surface area contributed by atoms with Crippen molar-refractivity contribution in [2.45, 2.75) is 79.4 Å². The monoisotopic (exact) mass is 473 g/mol. The molecule has 0 saturated heterocycles. The fourth-order valence-corrected chi connectivity index (χ4v) is 4.23. The van der Waals surface area contributed by atoms with Crippen LogP contribution in [0.5, 0.6) is 5.75 Å². The van der Waals surface area contributed by atoms with Crippen molar-refractivity contribution in [3.05, 3.63) is 23.0 Å². The Morgan fingerprint density at radius 3 is 1.94 bits per heavy atom. The van der Waals surface area contributed by atoms with Crippen LogP contribution < -0.4 is 10.2 Å². The second kappa shape index (κ2) is 12.1. The van der Waals surface area contributed by atoms with Crippen LogP contribution in [0.15, 0.2) is 6.20 Å². The zero-order valence-electron chi connectivity index (χ0n) is 19.4. The molecule has 3 N–H and O–H groups in total. The van der Waals surface area contributed by atoms with Crippen molar-refractivity contribution < 1.29 is 38.1 Å². The van der Waals surface area contributed by atoms with Gasteiger partial charge >= 0.3 is 19.6 Å². The van der Waals surface area contributed by atoms with Crippen LogP contribution in [0, 0.1) is 6.92 Å². The molecule has 0 aliphatic carbocycles. The zero-order valence-corrected chi connectivity index (χ0v) is 20.3. The van der Waals surface area contributed by atoms with E-state index in [9.17, 15) is 24.1 Å². The summed E-state index contributed by atoms with van der Waals surface area (Å²) in [5.41, 5.74) is 0.343. The molecule has 2 atom stereocenters. The van der Waals surface area contributed by atoms with Crippen molar-refractivity contribution in [1.82, 2.24) is 15.2 Å². The molecule has 1 rings (SSSR count). The van der Waals surface area contributed by atoms with Crippen molar-refractivity contribution in [2.24, 2.45) is 0 Å². The van der Waals surface area contributed by atoms with Crippen molar-refractivity contribution in [3.8, 4) is 5.75 Å². The van der Waals surface area contributed by atoms with Gasteiger partial charge in [0.25, 0.3) is 0 Å². The Bertz CT molecular complexity index is 841. The summed E-state index contributed by atoms with van der Waals surface area (Å²) in [7, 11) is -4.08. The molecule has 32 heavy (non-hydrogen) atoms. The van der Waals surface area contributed by atoms with Crippen LogP contribution in [0.3, 0.4) is 0 Å². The number of aromatic nitrogens is 1. The van der Waals surface area contributed by atoms with Gasteiger partial charge in [-0.2, -0.15) is 0 Å². The van der Waals surface area contributed by atoms with Gasteiger partial charge in [0, 0.05) is 11.8 Å². The van der Waals surface area contributed by atoms with E-state index in [4.69, 9.17) is 14.0 Å². The summed E-state index contributed by atoms with van der Waals surface area (Å²) in [4.78, 5) is 39.7. The summed E-state index contributed by atoms with van der Waals surface area (Å²) in [6.45, 7) is 10.6. The minimum Gasteiger partial charge on any atom is -0.505 e. The molecular formula is C20H32N3O8P. The van der Waals surface area contributed by atoms with Crippen LogP contribution in [0.1, 0.15) is 63.2 Å². The fourth-order valence-electron chi connectivity index (χ4n) is 2.46. The van der Waals surface area contributed by atoms with Crippen molar-refractivity contribution in [1.29, 1.82) is 0 Å². The van der Waals surface area contributed by atoms with Crippen LogP contribution in [0.25, 0.3) is 0 Å². The first-order valence-corrected chi connectivity index (χ1v) is 11.8. The van der Waals surface area contributed by atoms with Crippen LogP contribution in [0.4, 0.5) is 0 Å². The highest BCUT2D eigenvalue weighted by atomic mass is 31.2. The van der Waals surface area contributed by atoms with Crippen molar-refractivity contribution in [2.75, 3.05) is 0 Å². The van der Waals surface area contributed by atoms with Gasteiger partial charge in [-0.05, 0) is 48.5 Å². The van der Waals surface area contributed by atoms with E-state index in [1.807, 2.05) is 0 Å². The lowest BCUT2D eigenvalue weighted by molar-refractivity contribution is -0.149. The largest absolute Gasteiger partial charge is 0.505 e. The first-order chi connectivity index (χ1) is 14.8. The number of hydrogen-bond acceptors (Lipinski definition) is 9. The number of aryl methyl sites for hydroxylation is 1. The maximum absolute atomic E-state index is 13.5. The third-order valence-corrected chi connectivity index (χ3v) is 5.96. The number of pyridine rings is 1. The number of esters is 2. The molecule has 0 aromatic carbocycles. The summed E-state index contributed by atoms with van der Waals surface area (Å²) in [6.07, 6.45) is 0.948. The molecule has 11 nitrogen and oxygen atoms in total. The topological polar surface area (TPSA) is 153 Å². The number of carbonyl (C=O) groups excluding carboxylic acids is 3. The van der Waals surface area contributed by atoms with E-state index in [-0.39, 0.29) is 22.6 Å². The van der Waals surface area contributed by atoms with Crippen LogP contribution in [0.2, 0.25) is 0 Å². The molecule has 0 spiro atoms. The zero-order chi connectivity index (χ0) is 24.6. The molecule has 1 aromatic rings. The minimum absolute atomic E-state index is 0.0661. The standard InChI is InChI=1S/C20H32N3O8P/c1-11(2)30-19(26)14(6)22-32(28,23-15(7)20(27)31-12(3)4)29-10-16-8-21-13(5)18(25)17(16)9-24/h8-9,11-12,14-15,25H,10H2,1-7H3,(H2,22,23,28)/t14-,15-/m0/s1. The highest BCUT2D eigenvalue weighted by Gasteiger charge is 2.34. The summed E-state index contributed by atoms with van der Waals surface area (Å²) in [5, 5.41) is 15.1. The molecular weight excluding hydrogens is 441 g/mol. The average Bonchev–Trinajstić information content (AvgIpc) is 2.67. The second-order valence-corrected chi connectivity index (χ2v) is 9.62. The van der Waals surface area contributed by atoms with Gasteiger partial charge in [0.15, 0.2) is 6.29 Å². The molecule has 0 aliphatic heterocycles. The molecule has 0 unspecified atom stereocenters. The van der Waals surface area contributed by atoms with E-state index in [1.165, 1.54) is 27.0 Å². The molecule has 0 saturated carbocycles. The number of aldehydes is 1. The van der Waals surface area contributed by atoms with E-state index in [0.717, 1.165) is 0 Å². The van der Waals surface area contributed by atoms with Crippen LogP contribution >= 0.6 is 7.67 Å². The molecule has 12 heteroatoms. The first kappa shape index (κ1) is 27.7. The Labute approximate surface area is 187 Å². The summed E-state index contributed by atoms with van der Waals surface area (Å²) in [6, 6.07) is -2.11. The Morgan fingerprint density at radius 1 is 1.06 bits per heavy atom. The quantitative estimate of drug-likeness (QED) is 0.233. The molecule has 0 bridgehead atoms. The SMILES string of the molecule is Cc1ncc(COP(=O)(N[C@@H](C)C(=O)OC(C)C)N[C@@H](C)C(=O)OC(C)C)c(C=O)c1O. The van der Waals surface area contributed by atoms with Crippen LogP contribution in [-0.4, -0.2) is 52.6 Å². The Hall–Kier alpha value is -2.33. The van der Waals surface area contributed by atoms with E-state index in [1.54, 1.807) is 27.7 Å². The average molecular weight is 473 g/mol. The van der Waals surface area contributed by atoms with E-state index < -0.39 is 50.5 Å². The van der Waals surface area contributed by atoms with Crippen LogP contribution in [-0.2, 0) is 34.8 Å². The maximum atomic E-state index is 13.5. The van der Waals surface area contributed by atoms with Gasteiger partial charge in [0.2, 0.25) is 0 Å². The Kier molecular flexibility index (Phi) is 10.4. The van der Waals surface area contributed by atoms with E-state index in [0.29, 0.717) is 6.29 Å². The first-order valence-electron chi connectivity index (χ1n) is 10.1. The smallest absolute Gasteiger partial charge is 0.342 e. The van der Waals surface area contributed by atoms with Gasteiger partial charge in [0.05, 0.1) is 30.1 Å². The number of rotatable bonds is 12. The number of nitrogens with zero attached hydrogens (tertiary/aromatic N) is 1. The predicted octanol–water partition coefficient (Wildman–Crippen LogP) is 2.39. The minimum atomic E-state index is -4.08. The normalized spacial score (nSPS) is 13.7. The van der Waals surface area contributed by atoms with Crippen molar-refractivity contribution >= 4 is 25.9 Å². The highest BCUT2D eigenvalue weighted by molar-refractivity contribution is 7.54. The highest BCUT2D eigenvalue weighted by Crippen LogP contribution is 2.41. The molecule has 1 heterocycles. The third kappa shape index (κ3) is 8.31. The molecule has 0 aliphatic rings. The predicted molar refractivity (Wildman–Crippen MR) is 116 cm³/mol. The number of ether oxygens (including phenoxy) is 2. The number of nitrogens with one attached hydrogen (secondary N) is 2. The Morgan fingerprint density at radius 2 is 1.53 bits per heavy atom. The molecule has 1 aromatic heterocycles. The van der Waals surface area contributed by atoms with E-state index >= 15 is 0 Å². The van der Waals surface area contributed by atoms with Gasteiger partial charge in [0.1, 0.15) is 17.8 Å². The van der Waals surface area contributed by atoms with Gasteiger partial charge in [-0.25, -0.2) is 10.2 Å². The van der Waals surface area contributed by atoms with Gasteiger partial charge < -0.3 is 19.1 Å². The number of aromatic hydroxyl groups is 1. The summed E-state index contributed by atoms with van der Waals surface area (Å²) >= 11 is 0. The molecule has 0 amide bonds. The Balaban J connectivity index is 3.12. The van der Waals surface area contributed by atoms with E-state index in [2.05, 4.69) is 15.2 Å². The maximum Gasteiger partial charge on any atom is 0.342 e. The lowest BCUT2D eigenvalue weighted by Crippen LogP contribution is -2.43. The number of hydrogen-bond donors (Lipinski definition) is 3. The summed E-state index contributed by atoms with van der Waals surface area (Å²) < 4.78 is 29.2. The fraction of sp³-hybridized carbons (Fsp3) is 0.600. The summed E-state index contributed by atoms with van der Waals surface area (Å²) in [5.74, 6) is -1.67. The van der Waals surface area contributed by atoms with Gasteiger partial charge in [-0.3, -0.25) is 23.9 Å². The third-order valence-electron chi connectivity index (χ3n) is 4.02. The molecule has 180 valence electrons. The lowest BCUT2D eigenvalue weighted by atomic mass is 10.1. The molecule has 0 fully saturated rings. The van der Waals surface area contributed by atoms with Gasteiger partial charge in [-0.1, -0.05) is 0 Å². The molecule has 0 radical (unpaired) electrons. The second-order valence-electron chi connectivity index (χ2n) is 7.75. The lowest BCUT2D eigenvalue weighted by Gasteiger charge is -2.26.